The van der Waals surface area contributed by atoms with Crippen LogP contribution in [0.3, 0.4) is 0 Å². The fourth-order valence-corrected chi connectivity index (χ4v) is 3.13. The number of halogens is 3. The highest BCUT2D eigenvalue weighted by Crippen LogP contribution is 2.25. The second-order valence-corrected chi connectivity index (χ2v) is 7.04. The normalized spacial score (nSPS) is 10.2. The van der Waals surface area contributed by atoms with Crippen molar-refractivity contribution >= 4 is 39.9 Å². The van der Waals surface area contributed by atoms with Crippen molar-refractivity contribution in [2.24, 2.45) is 0 Å². The largest absolute Gasteiger partial charge is 0.489 e. The Balaban J connectivity index is 0.00000243. The zero-order chi connectivity index (χ0) is 17.5. The van der Waals surface area contributed by atoms with Crippen LogP contribution in [0.25, 0.3) is 0 Å². The summed E-state index contributed by atoms with van der Waals surface area (Å²) in [6.07, 6.45) is 0. The third kappa shape index (κ3) is 6.03. The quantitative estimate of drug-likeness (QED) is 0.448. The Hall–Kier alpha value is -1.52. The summed E-state index contributed by atoms with van der Waals surface area (Å²) in [5.41, 5.74) is 3.35. The van der Waals surface area contributed by atoms with Crippen LogP contribution in [0.4, 0.5) is 0 Å². The molecule has 0 bridgehead atoms. The van der Waals surface area contributed by atoms with Gasteiger partial charge >= 0.3 is 0 Å². The standard InChI is InChI=1S/C21H19BrClNO.ClH/c22-19-10-11-21(25-15-17-8-4-5-9-20(17)23)18(12-19)14-24-13-16-6-2-1-3-7-16;/h1-12,24H,13-15H2;1H. The molecule has 0 radical (unpaired) electrons. The van der Waals surface area contributed by atoms with Crippen LogP contribution in [0, 0.1) is 0 Å². The fourth-order valence-electron chi connectivity index (χ4n) is 2.54. The van der Waals surface area contributed by atoms with E-state index in [1.165, 1.54) is 5.56 Å². The average molecular weight is 453 g/mol. The van der Waals surface area contributed by atoms with Crippen molar-refractivity contribution in [2.45, 2.75) is 19.7 Å². The number of nitrogens with one attached hydrogen (secondary N) is 1. The predicted octanol–water partition coefficient (Wildman–Crippen LogP) is 6.39. The molecular weight excluding hydrogens is 433 g/mol. The third-order valence-electron chi connectivity index (χ3n) is 3.85. The van der Waals surface area contributed by atoms with Crippen molar-refractivity contribution in [1.82, 2.24) is 5.32 Å². The summed E-state index contributed by atoms with van der Waals surface area (Å²) in [6.45, 7) is 2.00. The molecule has 0 saturated heterocycles. The Morgan fingerprint density at radius 1 is 0.846 bits per heavy atom. The summed E-state index contributed by atoms with van der Waals surface area (Å²) < 4.78 is 7.05. The minimum atomic E-state index is 0. The molecule has 3 rings (SSSR count). The first-order valence-electron chi connectivity index (χ1n) is 8.11. The molecule has 136 valence electrons. The monoisotopic (exact) mass is 451 g/mol. The minimum Gasteiger partial charge on any atom is -0.489 e. The van der Waals surface area contributed by atoms with E-state index in [-0.39, 0.29) is 12.4 Å². The fraction of sp³-hybridized carbons (Fsp3) is 0.143. The zero-order valence-corrected chi connectivity index (χ0v) is 17.3. The van der Waals surface area contributed by atoms with Gasteiger partial charge in [0.05, 0.1) is 0 Å². The molecule has 3 aromatic carbocycles. The molecule has 0 fully saturated rings. The van der Waals surface area contributed by atoms with Gasteiger partial charge in [0.2, 0.25) is 0 Å². The van der Waals surface area contributed by atoms with Gasteiger partial charge in [-0.2, -0.15) is 0 Å². The van der Waals surface area contributed by atoms with Crippen molar-refractivity contribution in [3.63, 3.8) is 0 Å². The van der Waals surface area contributed by atoms with Crippen LogP contribution in [0.5, 0.6) is 5.75 Å². The van der Waals surface area contributed by atoms with E-state index in [0.29, 0.717) is 6.61 Å². The van der Waals surface area contributed by atoms with E-state index in [0.717, 1.165) is 39.5 Å². The van der Waals surface area contributed by atoms with Crippen LogP contribution in [0.1, 0.15) is 16.7 Å². The molecule has 0 saturated carbocycles. The van der Waals surface area contributed by atoms with E-state index >= 15 is 0 Å². The molecule has 3 aromatic rings. The van der Waals surface area contributed by atoms with Crippen LogP contribution in [-0.2, 0) is 19.7 Å². The Labute approximate surface area is 174 Å². The molecule has 1 N–H and O–H groups in total. The van der Waals surface area contributed by atoms with Crippen molar-refractivity contribution in [3.8, 4) is 5.75 Å². The molecule has 2 nitrogen and oxygen atoms in total. The lowest BCUT2D eigenvalue weighted by atomic mass is 10.2. The molecular formula is C21H20BrCl2NO. The second-order valence-electron chi connectivity index (χ2n) is 5.72. The van der Waals surface area contributed by atoms with E-state index in [1.54, 1.807) is 0 Å². The average Bonchev–Trinajstić information content (AvgIpc) is 2.63. The summed E-state index contributed by atoms with van der Waals surface area (Å²) in [7, 11) is 0. The van der Waals surface area contributed by atoms with Crippen molar-refractivity contribution in [2.75, 3.05) is 0 Å². The molecule has 0 aliphatic rings. The van der Waals surface area contributed by atoms with Crippen LogP contribution in [0.2, 0.25) is 5.02 Å². The molecule has 0 spiro atoms. The molecule has 0 unspecified atom stereocenters. The van der Waals surface area contributed by atoms with Crippen LogP contribution in [0.15, 0.2) is 77.3 Å². The van der Waals surface area contributed by atoms with Gasteiger partial charge in [-0.25, -0.2) is 0 Å². The van der Waals surface area contributed by atoms with Gasteiger partial charge in [-0.05, 0) is 29.8 Å². The molecule has 0 aromatic heterocycles. The Morgan fingerprint density at radius 2 is 1.58 bits per heavy atom. The Kier molecular flexibility index (Phi) is 8.46. The van der Waals surface area contributed by atoms with Gasteiger partial charge in [-0.3, -0.25) is 0 Å². The maximum Gasteiger partial charge on any atom is 0.124 e. The highest BCUT2D eigenvalue weighted by molar-refractivity contribution is 9.10. The summed E-state index contributed by atoms with van der Waals surface area (Å²) >= 11 is 9.74. The molecule has 0 amide bonds. The number of hydrogen-bond donors (Lipinski definition) is 1. The first-order chi connectivity index (χ1) is 12.2. The Bertz CT molecular complexity index is 827. The van der Waals surface area contributed by atoms with Gasteiger partial charge in [0.25, 0.3) is 0 Å². The first-order valence-corrected chi connectivity index (χ1v) is 9.29. The number of ether oxygens (including phenoxy) is 1. The van der Waals surface area contributed by atoms with E-state index in [4.69, 9.17) is 16.3 Å². The third-order valence-corrected chi connectivity index (χ3v) is 4.71. The minimum absolute atomic E-state index is 0. The SMILES string of the molecule is Cl.Clc1ccccc1COc1ccc(Br)cc1CNCc1ccccc1. The van der Waals surface area contributed by atoms with Gasteiger partial charge in [-0.1, -0.05) is 76.1 Å². The lowest BCUT2D eigenvalue weighted by Gasteiger charge is -2.14. The highest BCUT2D eigenvalue weighted by Gasteiger charge is 2.07. The molecule has 0 aliphatic carbocycles. The molecule has 0 atom stereocenters. The Morgan fingerprint density at radius 3 is 2.35 bits per heavy atom. The van der Waals surface area contributed by atoms with E-state index in [1.807, 2.05) is 54.6 Å². The smallest absolute Gasteiger partial charge is 0.124 e. The van der Waals surface area contributed by atoms with E-state index < -0.39 is 0 Å². The molecule has 5 heteroatoms. The van der Waals surface area contributed by atoms with Crippen molar-refractivity contribution < 1.29 is 4.74 Å². The summed E-state index contributed by atoms with van der Waals surface area (Å²) in [5, 5.41) is 4.19. The molecule has 26 heavy (non-hydrogen) atoms. The van der Waals surface area contributed by atoms with Gasteiger partial charge in [0.15, 0.2) is 0 Å². The lowest BCUT2D eigenvalue weighted by Crippen LogP contribution is -2.13. The van der Waals surface area contributed by atoms with E-state index in [2.05, 4.69) is 39.4 Å². The van der Waals surface area contributed by atoms with Gasteiger partial charge in [-0.15, -0.1) is 12.4 Å². The topological polar surface area (TPSA) is 21.3 Å². The summed E-state index contributed by atoms with van der Waals surface area (Å²) in [6, 6.07) is 24.2. The molecule has 0 heterocycles. The van der Waals surface area contributed by atoms with Gasteiger partial charge in [0, 0.05) is 33.7 Å². The number of rotatable bonds is 7. The van der Waals surface area contributed by atoms with E-state index in [9.17, 15) is 0 Å². The molecule has 0 aliphatic heterocycles. The maximum atomic E-state index is 6.21. The summed E-state index contributed by atoms with van der Waals surface area (Å²) in [5.74, 6) is 0.865. The summed E-state index contributed by atoms with van der Waals surface area (Å²) in [4.78, 5) is 0. The number of hydrogen-bond acceptors (Lipinski definition) is 2. The van der Waals surface area contributed by atoms with Crippen molar-refractivity contribution in [1.29, 1.82) is 0 Å². The predicted molar refractivity (Wildman–Crippen MR) is 114 cm³/mol. The second kappa shape index (κ2) is 10.6. The van der Waals surface area contributed by atoms with Crippen molar-refractivity contribution in [3.05, 3.63) is 99.0 Å². The zero-order valence-electron chi connectivity index (χ0n) is 14.1. The van der Waals surface area contributed by atoms with Gasteiger partial charge < -0.3 is 10.1 Å². The lowest BCUT2D eigenvalue weighted by molar-refractivity contribution is 0.302. The van der Waals surface area contributed by atoms with Gasteiger partial charge in [0.1, 0.15) is 12.4 Å². The number of benzene rings is 3. The first kappa shape index (κ1) is 20.8. The van der Waals surface area contributed by atoms with Crippen LogP contribution in [-0.4, -0.2) is 0 Å². The maximum absolute atomic E-state index is 6.21. The van der Waals surface area contributed by atoms with Crippen LogP contribution < -0.4 is 10.1 Å². The highest BCUT2D eigenvalue weighted by atomic mass is 79.9. The van der Waals surface area contributed by atoms with Crippen LogP contribution >= 0.6 is 39.9 Å².